The van der Waals surface area contributed by atoms with Crippen LogP contribution in [0.25, 0.3) is 0 Å². The number of thioether (sulfide) groups is 1. The first-order valence-corrected chi connectivity index (χ1v) is 9.66. The number of halogens is 1. The molecule has 1 aromatic rings. The first-order valence-electron chi connectivity index (χ1n) is 8.68. The number of rotatable bonds is 3. The fourth-order valence-corrected chi connectivity index (χ4v) is 5.10. The molecule has 1 spiro atoms. The summed E-state index contributed by atoms with van der Waals surface area (Å²) in [7, 11) is 0. The van der Waals surface area contributed by atoms with Crippen LogP contribution in [0.4, 0.5) is 4.39 Å². The van der Waals surface area contributed by atoms with E-state index in [1.807, 2.05) is 17.8 Å². The molecule has 5 heteroatoms. The Morgan fingerprint density at radius 2 is 1.96 bits per heavy atom. The van der Waals surface area contributed by atoms with E-state index in [4.69, 9.17) is 9.47 Å². The van der Waals surface area contributed by atoms with E-state index >= 15 is 0 Å². The lowest BCUT2D eigenvalue weighted by Gasteiger charge is -2.36. The third-order valence-corrected chi connectivity index (χ3v) is 6.47. The number of benzene rings is 1. The molecule has 0 aromatic heterocycles. The lowest BCUT2D eigenvalue weighted by atomic mass is 9.85. The van der Waals surface area contributed by atoms with Crippen molar-refractivity contribution in [2.24, 2.45) is 5.92 Å². The summed E-state index contributed by atoms with van der Waals surface area (Å²) in [4.78, 5) is 1.23. The van der Waals surface area contributed by atoms with Crippen LogP contribution in [-0.4, -0.2) is 31.3 Å². The molecule has 23 heavy (non-hydrogen) atoms. The summed E-state index contributed by atoms with van der Waals surface area (Å²) in [6, 6.07) is 5.48. The maximum Gasteiger partial charge on any atom is 0.168 e. The molecular weight excluding hydrogens is 313 g/mol. The molecule has 1 saturated carbocycles. The van der Waals surface area contributed by atoms with Crippen molar-refractivity contribution in [3.63, 3.8) is 0 Å². The van der Waals surface area contributed by atoms with E-state index in [1.165, 1.54) is 4.90 Å². The van der Waals surface area contributed by atoms with Gasteiger partial charge in [-0.05, 0) is 61.2 Å². The first-order chi connectivity index (χ1) is 11.2. The Labute approximate surface area is 141 Å². The average molecular weight is 337 g/mol. The Morgan fingerprint density at radius 1 is 1.17 bits per heavy atom. The Kier molecular flexibility index (Phi) is 4.63. The molecule has 1 aromatic carbocycles. The van der Waals surface area contributed by atoms with Gasteiger partial charge in [-0.25, -0.2) is 4.39 Å². The van der Waals surface area contributed by atoms with Gasteiger partial charge in [0.2, 0.25) is 0 Å². The molecule has 1 unspecified atom stereocenters. The van der Waals surface area contributed by atoms with Gasteiger partial charge in [0.25, 0.3) is 0 Å². The smallest absolute Gasteiger partial charge is 0.168 e. The Bertz CT molecular complexity index is 552. The SMILES string of the molecule is Fc1ccc2c(c1)C(NCC1CCC3(CC1)OCCO3)CCS2. The zero-order valence-electron chi connectivity index (χ0n) is 13.4. The average Bonchev–Trinajstić information content (AvgIpc) is 3.03. The minimum Gasteiger partial charge on any atom is -0.348 e. The highest BCUT2D eigenvalue weighted by Crippen LogP contribution is 2.39. The van der Waals surface area contributed by atoms with Crippen molar-refractivity contribution in [3.8, 4) is 0 Å². The summed E-state index contributed by atoms with van der Waals surface area (Å²) < 4.78 is 25.2. The van der Waals surface area contributed by atoms with Crippen molar-refractivity contribution in [1.29, 1.82) is 0 Å². The quantitative estimate of drug-likeness (QED) is 0.906. The van der Waals surface area contributed by atoms with E-state index < -0.39 is 0 Å². The molecule has 1 N–H and O–H groups in total. The van der Waals surface area contributed by atoms with Gasteiger partial charge in [0.05, 0.1) is 13.2 Å². The number of hydrogen-bond donors (Lipinski definition) is 1. The zero-order chi connectivity index (χ0) is 15.7. The number of nitrogens with one attached hydrogen (secondary N) is 1. The van der Waals surface area contributed by atoms with Gasteiger partial charge < -0.3 is 14.8 Å². The van der Waals surface area contributed by atoms with Gasteiger partial charge >= 0.3 is 0 Å². The predicted octanol–water partition coefficient (Wildman–Crippen LogP) is 3.89. The molecule has 0 bridgehead atoms. The van der Waals surface area contributed by atoms with E-state index in [0.717, 1.165) is 63.2 Å². The molecule has 2 fully saturated rings. The van der Waals surface area contributed by atoms with Crippen LogP contribution in [-0.2, 0) is 9.47 Å². The third-order valence-electron chi connectivity index (χ3n) is 5.34. The van der Waals surface area contributed by atoms with Crippen LogP contribution < -0.4 is 5.32 Å². The highest BCUT2D eigenvalue weighted by Gasteiger charge is 2.40. The van der Waals surface area contributed by atoms with Crippen molar-refractivity contribution < 1.29 is 13.9 Å². The highest BCUT2D eigenvalue weighted by molar-refractivity contribution is 7.99. The molecule has 1 atom stereocenters. The summed E-state index contributed by atoms with van der Waals surface area (Å²) in [5.74, 6) is 1.37. The molecule has 2 heterocycles. The van der Waals surface area contributed by atoms with Gasteiger partial charge in [0.1, 0.15) is 5.82 Å². The van der Waals surface area contributed by atoms with Crippen molar-refractivity contribution in [1.82, 2.24) is 5.32 Å². The second-order valence-electron chi connectivity index (χ2n) is 6.83. The second-order valence-corrected chi connectivity index (χ2v) is 7.97. The molecule has 1 saturated heterocycles. The fourth-order valence-electron chi connectivity index (χ4n) is 3.99. The molecule has 3 aliphatic rings. The second kappa shape index (κ2) is 6.71. The number of ether oxygens (including phenoxy) is 2. The number of hydrogen-bond acceptors (Lipinski definition) is 4. The summed E-state index contributed by atoms with van der Waals surface area (Å²) in [6.45, 7) is 2.48. The lowest BCUT2D eigenvalue weighted by molar-refractivity contribution is -0.182. The Morgan fingerprint density at radius 3 is 2.74 bits per heavy atom. The Hall–Kier alpha value is -0.620. The van der Waals surface area contributed by atoms with Gasteiger partial charge in [0, 0.05) is 23.8 Å². The third kappa shape index (κ3) is 3.43. The minimum absolute atomic E-state index is 0.131. The van der Waals surface area contributed by atoms with E-state index in [0.29, 0.717) is 5.92 Å². The molecule has 126 valence electrons. The molecule has 0 amide bonds. The van der Waals surface area contributed by atoms with Crippen molar-refractivity contribution in [3.05, 3.63) is 29.6 Å². The van der Waals surface area contributed by atoms with Crippen LogP contribution in [0.5, 0.6) is 0 Å². The Balaban J connectivity index is 1.33. The molecule has 0 radical (unpaired) electrons. The van der Waals surface area contributed by atoms with Crippen molar-refractivity contribution >= 4 is 11.8 Å². The van der Waals surface area contributed by atoms with E-state index in [2.05, 4.69) is 5.32 Å². The normalized spacial score (nSPS) is 27.3. The van der Waals surface area contributed by atoms with Crippen LogP contribution in [0.2, 0.25) is 0 Å². The largest absolute Gasteiger partial charge is 0.348 e. The highest BCUT2D eigenvalue weighted by atomic mass is 32.2. The summed E-state index contributed by atoms with van der Waals surface area (Å²) in [5.41, 5.74) is 1.14. The fraction of sp³-hybridized carbons (Fsp3) is 0.667. The van der Waals surface area contributed by atoms with Crippen LogP contribution in [0.3, 0.4) is 0 Å². The zero-order valence-corrected chi connectivity index (χ0v) is 14.2. The van der Waals surface area contributed by atoms with Crippen LogP contribution >= 0.6 is 11.8 Å². The van der Waals surface area contributed by atoms with Crippen molar-refractivity contribution in [2.45, 2.75) is 48.8 Å². The van der Waals surface area contributed by atoms with Crippen LogP contribution in [0.1, 0.15) is 43.7 Å². The molecular formula is C18H24FNO2S. The van der Waals surface area contributed by atoms with E-state index in [9.17, 15) is 4.39 Å². The van der Waals surface area contributed by atoms with E-state index in [-0.39, 0.29) is 17.6 Å². The molecule has 3 nitrogen and oxygen atoms in total. The van der Waals surface area contributed by atoms with Gasteiger partial charge in [-0.3, -0.25) is 0 Å². The predicted molar refractivity (Wildman–Crippen MR) is 89.1 cm³/mol. The monoisotopic (exact) mass is 337 g/mol. The standard InChI is InChI=1S/C18H24FNO2S/c19-14-1-2-17-15(11-14)16(5-10-23-17)20-12-13-3-6-18(7-4-13)21-8-9-22-18/h1-2,11,13,16,20H,3-10,12H2. The van der Waals surface area contributed by atoms with Gasteiger partial charge in [0.15, 0.2) is 5.79 Å². The molecule has 1 aliphatic carbocycles. The molecule has 4 rings (SSSR count). The maximum absolute atomic E-state index is 13.6. The topological polar surface area (TPSA) is 30.5 Å². The summed E-state index contributed by atoms with van der Waals surface area (Å²) in [5, 5.41) is 3.69. The van der Waals surface area contributed by atoms with Gasteiger partial charge in [-0.15, -0.1) is 11.8 Å². The van der Waals surface area contributed by atoms with Crippen LogP contribution in [0.15, 0.2) is 23.1 Å². The van der Waals surface area contributed by atoms with Crippen molar-refractivity contribution in [2.75, 3.05) is 25.5 Å². The summed E-state index contributed by atoms with van der Waals surface area (Å²) in [6.07, 6.45) is 5.37. The maximum atomic E-state index is 13.6. The first kappa shape index (κ1) is 15.9. The summed E-state index contributed by atoms with van der Waals surface area (Å²) >= 11 is 1.84. The lowest BCUT2D eigenvalue weighted by Crippen LogP contribution is -2.38. The van der Waals surface area contributed by atoms with Gasteiger partial charge in [-0.2, -0.15) is 0 Å². The molecule has 2 aliphatic heterocycles. The van der Waals surface area contributed by atoms with E-state index in [1.54, 1.807) is 12.1 Å². The van der Waals surface area contributed by atoms with Crippen LogP contribution in [0, 0.1) is 11.7 Å². The number of fused-ring (bicyclic) bond motifs is 1. The van der Waals surface area contributed by atoms with Gasteiger partial charge in [-0.1, -0.05) is 0 Å². The minimum atomic E-state index is -0.270.